The van der Waals surface area contributed by atoms with Crippen LogP contribution in [0.3, 0.4) is 0 Å². The Morgan fingerprint density at radius 3 is 2.00 bits per heavy atom. The summed E-state index contributed by atoms with van der Waals surface area (Å²) < 4.78 is 3.05. The molecule has 0 fully saturated rings. The first kappa shape index (κ1) is 7.78. The highest BCUT2D eigenvalue weighted by Gasteiger charge is 2.09. The summed E-state index contributed by atoms with van der Waals surface area (Å²) in [4.78, 5) is 21.5. The molecule has 0 radical (unpaired) electrons. The number of rotatable bonds is 1. The summed E-state index contributed by atoms with van der Waals surface area (Å²) in [7, 11) is 3.37. The summed E-state index contributed by atoms with van der Waals surface area (Å²) in [5.41, 5.74) is 0.711. The molecule has 0 bridgehead atoms. The molecule has 0 saturated heterocycles. The van der Waals surface area contributed by atoms with Crippen LogP contribution in [-0.4, -0.2) is 15.6 Å². The van der Waals surface area contributed by atoms with Gasteiger partial charge in [-0.2, -0.15) is 0 Å². The van der Waals surface area contributed by atoms with Crippen molar-refractivity contribution < 1.29 is 4.79 Å². The monoisotopic (exact) mass is 154 g/mol. The van der Waals surface area contributed by atoms with E-state index in [-0.39, 0.29) is 11.1 Å². The Labute approximate surface area is 64.0 Å². The van der Waals surface area contributed by atoms with Gasteiger partial charge in [0.15, 0.2) is 6.29 Å². The molecule has 0 N–H and O–H groups in total. The zero-order valence-electron chi connectivity index (χ0n) is 6.79. The van der Waals surface area contributed by atoms with Gasteiger partial charge in [-0.1, -0.05) is 0 Å². The minimum absolute atomic E-state index is 0.236. The molecule has 1 aromatic heterocycles. The topological polar surface area (TPSA) is 44.0 Å². The Morgan fingerprint density at radius 1 is 1.27 bits per heavy atom. The second-order valence-electron chi connectivity index (χ2n) is 2.47. The van der Waals surface area contributed by atoms with Crippen LogP contribution in [0.5, 0.6) is 0 Å². The maximum absolute atomic E-state index is 11.2. The maximum atomic E-state index is 11.2. The molecule has 4 nitrogen and oxygen atoms in total. The SMILES string of the molecule is Cc1c(C=O)c(=O)n(C)n1C. The summed E-state index contributed by atoms with van der Waals surface area (Å²) in [5.74, 6) is 0. The minimum atomic E-state index is -0.236. The van der Waals surface area contributed by atoms with Crippen molar-refractivity contribution in [3.05, 3.63) is 21.6 Å². The molecule has 1 heterocycles. The number of hydrogen-bond donors (Lipinski definition) is 0. The van der Waals surface area contributed by atoms with Crippen molar-refractivity contribution in [2.45, 2.75) is 6.92 Å². The quantitative estimate of drug-likeness (QED) is 0.528. The van der Waals surface area contributed by atoms with Gasteiger partial charge in [-0.05, 0) is 6.92 Å². The van der Waals surface area contributed by atoms with Gasteiger partial charge in [0.1, 0.15) is 5.56 Å². The van der Waals surface area contributed by atoms with Gasteiger partial charge in [0, 0.05) is 19.8 Å². The molecule has 0 saturated carbocycles. The molecule has 0 aliphatic heterocycles. The van der Waals surface area contributed by atoms with Crippen molar-refractivity contribution in [3.63, 3.8) is 0 Å². The fraction of sp³-hybridized carbons (Fsp3) is 0.429. The van der Waals surface area contributed by atoms with Crippen molar-refractivity contribution in [2.75, 3.05) is 0 Å². The third kappa shape index (κ3) is 0.906. The molecule has 0 spiro atoms. The Balaban J connectivity index is 3.61. The zero-order chi connectivity index (χ0) is 8.59. The summed E-state index contributed by atoms with van der Waals surface area (Å²) >= 11 is 0. The van der Waals surface area contributed by atoms with E-state index in [4.69, 9.17) is 0 Å². The molecule has 60 valence electrons. The van der Waals surface area contributed by atoms with Crippen LogP contribution in [0.4, 0.5) is 0 Å². The summed E-state index contributed by atoms with van der Waals surface area (Å²) in [5, 5.41) is 0. The van der Waals surface area contributed by atoms with Crippen molar-refractivity contribution in [3.8, 4) is 0 Å². The average Bonchev–Trinajstić information content (AvgIpc) is 2.17. The van der Waals surface area contributed by atoms with E-state index in [9.17, 15) is 9.59 Å². The lowest BCUT2D eigenvalue weighted by Crippen LogP contribution is -2.18. The van der Waals surface area contributed by atoms with Crippen molar-refractivity contribution >= 4 is 6.29 Å². The first-order valence-electron chi connectivity index (χ1n) is 3.27. The predicted octanol–water partition coefficient (Wildman–Crippen LogP) is -0.155. The second kappa shape index (κ2) is 2.38. The average molecular weight is 154 g/mol. The van der Waals surface area contributed by atoms with Crippen LogP contribution in [0.1, 0.15) is 16.1 Å². The molecule has 0 amide bonds. The molecule has 1 aromatic rings. The van der Waals surface area contributed by atoms with Crippen LogP contribution in [0.2, 0.25) is 0 Å². The Kier molecular flexibility index (Phi) is 1.68. The van der Waals surface area contributed by atoms with Crippen LogP contribution in [0.25, 0.3) is 0 Å². The third-order valence-electron chi connectivity index (χ3n) is 1.97. The van der Waals surface area contributed by atoms with E-state index in [2.05, 4.69) is 0 Å². The van der Waals surface area contributed by atoms with E-state index in [0.717, 1.165) is 0 Å². The van der Waals surface area contributed by atoms with Crippen LogP contribution in [0.15, 0.2) is 4.79 Å². The van der Waals surface area contributed by atoms with E-state index in [1.165, 1.54) is 4.68 Å². The lowest BCUT2D eigenvalue weighted by atomic mass is 10.3. The van der Waals surface area contributed by atoms with E-state index >= 15 is 0 Å². The van der Waals surface area contributed by atoms with Gasteiger partial charge >= 0.3 is 0 Å². The lowest BCUT2D eigenvalue weighted by Gasteiger charge is -1.99. The standard InChI is InChI=1S/C7H10N2O2/c1-5-6(4-10)7(11)9(3)8(5)2/h4H,1-3H3. The van der Waals surface area contributed by atoms with Crippen molar-refractivity contribution in [1.29, 1.82) is 0 Å². The number of nitrogens with zero attached hydrogens (tertiary/aromatic N) is 2. The van der Waals surface area contributed by atoms with Gasteiger partial charge in [-0.3, -0.25) is 19.0 Å². The van der Waals surface area contributed by atoms with Crippen LogP contribution in [-0.2, 0) is 14.1 Å². The Hall–Kier alpha value is -1.32. The molecular formula is C7H10N2O2. The van der Waals surface area contributed by atoms with E-state index in [1.54, 1.807) is 25.7 Å². The maximum Gasteiger partial charge on any atom is 0.277 e. The molecular weight excluding hydrogens is 144 g/mol. The highest BCUT2D eigenvalue weighted by molar-refractivity contribution is 5.75. The smallest absolute Gasteiger partial charge is 0.277 e. The van der Waals surface area contributed by atoms with Crippen LogP contribution < -0.4 is 5.56 Å². The van der Waals surface area contributed by atoms with Crippen molar-refractivity contribution in [2.24, 2.45) is 14.1 Å². The second-order valence-corrected chi connectivity index (χ2v) is 2.47. The molecule has 0 aliphatic rings. The van der Waals surface area contributed by atoms with Gasteiger partial charge in [0.25, 0.3) is 5.56 Å². The Morgan fingerprint density at radius 2 is 1.82 bits per heavy atom. The molecule has 0 unspecified atom stereocenters. The summed E-state index contributed by atoms with van der Waals surface area (Å²) in [6.45, 7) is 1.74. The fourth-order valence-corrected chi connectivity index (χ4v) is 1.00. The molecule has 11 heavy (non-hydrogen) atoms. The molecule has 0 aliphatic carbocycles. The molecule has 1 rings (SSSR count). The molecule has 4 heteroatoms. The number of carbonyl (C=O) groups excluding carboxylic acids is 1. The highest BCUT2D eigenvalue weighted by Crippen LogP contribution is 1.97. The van der Waals surface area contributed by atoms with Gasteiger partial charge in [-0.15, -0.1) is 0 Å². The largest absolute Gasteiger partial charge is 0.298 e. The van der Waals surface area contributed by atoms with Gasteiger partial charge < -0.3 is 0 Å². The first-order valence-corrected chi connectivity index (χ1v) is 3.27. The molecule has 0 aromatic carbocycles. The van der Waals surface area contributed by atoms with Crippen molar-refractivity contribution in [1.82, 2.24) is 9.36 Å². The minimum Gasteiger partial charge on any atom is -0.298 e. The highest BCUT2D eigenvalue weighted by atomic mass is 16.1. The predicted molar refractivity (Wildman–Crippen MR) is 40.8 cm³/mol. The Bertz CT molecular complexity index is 346. The lowest BCUT2D eigenvalue weighted by molar-refractivity contribution is 0.112. The zero-order valence-corrected chi connectivity index (χ0v) is 6.79. The van der Waals surface area contributed by atoms with Gasteiger partial charge in [0.05, 0.1) is 0 Å². The third-order valence-corrected chi connectivity index (χ3v) is 1.97. The van der Waals surface area contributed by atoms with Gasteiger partial charge in [-0.25, -0.2) is 0 Å². The summed E-state index contributed by atoms with van der Waals surface area (Å²) in [6, 6.07) is 0. The van der Waals surface area contributed by atoms with E-state index in [0.29, 0.717) is 12.0 Å². The normalized spacial score (nSPS) is 10.1. The number of hydrogen-bond acceptors (Lipinski definition) is 2. The molecule has 0 atom stereocenters. The number of aldehydes is 1. The van der Waals surface area contributed by atoms with E-state index in [1.807, 2.05) is 0 Å². The fourth-order valence-electron chi connectivity index (χ4n) is 1.00. The van der Waals surface area contributed by atoms with Gasteiger partial charge in [0.2, 0.25) is 0 Å². The number of aromatic nitrogens is 2. The van der Waals surface area contributed by atoms with Crippen LogP contribution >= 0.6 is 0 Å². The first-order chi connectivity index (χ1) is 5.09. The summed E-state index contributed by atoms with van der Waals surface area (Å²) in [6.07, 6.45) is 0.595. The van der Waals surface area contributed by atoms with Crippen LogP contribution in [0, 0.1) is 6.92 Å². The van der Waals surface area contributed by atoms with E-state index < -0.39 is 0 Å². The number of carbonyl (C=O) groups is 1.